The average Bonchev–Trinajstić information content (AvgIpc) is 2.86. The third-order valence-corrected chi connectivity index (χ3v) is 6.42. The molecule has 1 heterocycles. The van der Waals surface area contributed by atoms with Crippen molar-refractivity contribution in [1.29, 1.82) is 0 Å². The summed E-state index contributed by atoms with van der Waals surface area (Å²) in [7, 11) is 0. The Balaban J connectivity index is 3.46. The van der Waals surface area contributed by atoms with Crippen molar-refractivity contribution in [2.24, 2.45) is 23.5 Å². The summed E-state index contributed by atoms with van der Waals surface area (Å²) in [6.07, 6.45) is -2.71. The van der Waals surface area contributed by atoms with Crippen LogP contribution in [0.3, 0.4) is 0 Å². The van der Waals surface area contributed by atoms with Crippen molar-refractivity contribution in [1.82, 2.24) is 16.0 Å². The van der Waals surface area contributed by atoms with Crippen LogP contribution in [-0.4, -0.2) is 78.6 Å². The van der Waals surface area contributed by atoms with E-state index in [1.165, 1.54) is 13.8 Å². The standard InChI is InChI=1S/C27H46N4O9/c1-13(2)19-26(36)38-16(7)22(32)29-18(11-9-10-12-28)25(35)40-21(15(5)6)24(34)31-20(14(3)4)27(37)39-17(8)23(33)30-19/h13-21H,9-12,28H2,1-8H3,(H,29,32)(H,30,33)(H,31,34). The molecule has 1 aliphatic rings. The lowest BCUT2D eigenvalue weighted by Crippen LogP contribution is -2.55. The van der Waals surface area contributed by atoms with Gasteiger partial charge in [-0.1, -0.05) is 41.5 Å². The molecule has 1 saturated heterocycles. The van der Waals surface area contributed by atoms with E-state index in [2.05, 4.69) is 16.0 Å². The molecule has 5 N–H and O–H groups in total. The van der Waals surface area contributed by atoms with Crippen LogP contribution >= 0.6 is 0 Å². The molecule has 6 atom stereocenters. The molecule has 0 saturated carbocycles. The monoisotopic (exact) mass is 570 g/mol. The second-order valence-electron chi connectivity index (χ2n) is 11.1. The van der Waals surface area contributed by atoms with Crippen molar-refractivity contribution in [2.45, 2.75) is 111 Å². The van der Waals surface area contributed by atoms with Gasteiger partial charge in [0, 0.05) is 0 Å². The van der Waals surface area contributed by atoms with Gasteiger partial charge in [-0.25, -0.2) is 14.4 Å². The van der Waals surface area contributed by atoms with Crippen molar-refractivity contribution >= 4 is 35.6 Å². The van der Waals surface area contributed by atoms with Gasteiger partial charge < -0.3 is 35.9 Å². The second kappa shape index (κ2) is 16.1. The van der Waals surface area contributed by atoms with Crippen molar-refractivity contribution < 1.29 is 43.0 Å². The van der Waals surface area contributed by atoms with Gasteiger partial charge in [-0.2, -0.15) is 0 Å². The zero-order valence-corrected chi connectivity index (χ0v) is 24.8. The lowest BCUT2D eigenvalue weighted by molar-refractivity contribution is -0.166. The van der Waals surface area contributed by atoms with Gasteiger partial charge in [-0.3, -0.25) is 14.4 Å². The summed E-state index contributed by atoms with van der Waals surface area (Å²) in [6.45, 7) is 13.0. The Morgan fingerprint density at radius 2 is 1.07 bits per heavy atom. The molecule has 13 nitrogen and oxygen atoms in total. The van der Waals surface area contributed by atoms with Crippen LogP contribution in [0.25, 0.3) is 0 Å². The minimum Gasteiger partial charge on any atom is -0.451 e. The number of rotatable bonds is 7. The molecule has 0 aromatic heterocycles. The van der Waals surface area contributed by atoms with Crippen LogP contribution in [0, 0.1) is 17.8 Å². The van der Waals surface area contributed by atoms with Crippen molar-refractivity contribution in [2.75, 3.05) is 6.54 Å². The third-order valence-electron chi connectivity index (χ3n) is 6.42. The summed E-state index contributed by atoms with van der Waals surface area (Å²) in [4.78, 5) is 78.0. The second-order valence-corrected chi connectivity index (χ2v) is 11.1. The number of cyclic esters (lactones) is 3. The largest absolute Gasteiger partial charge is 0.451 e. The van der Waals surface area contributed by atoms with Crippen LogP contribution < -0.4 is 21.7 Å². The van der Waals surface area contributed by atoms with E-state index in [1.807, 2.05) is 0 Å². The smallest absolute Gasteiger partial charge is 0.329 e. The number of esters is 3. The van der Waals surface area contributed by atoms with Gasteiger partial charge in [0.25, 0.3) is 17.7 Å². The first-order valence-electron chi connectivity index (χ1n) is 13.8. The number of ether oxygens (including phenoxy) is 3. The molecule has 0 radical (unpaired) electrons. The molecular weight excluding hydrogens is 524 g/mol. The fourth-order valence-corrected chi connectivity index (χ4v) is 3.83. The van der Waals surface area contributed by atoms with Gasteiger partial charge >= 0.3 is 17.9 Å². The predicted octanol–water partition coefficient (Wildman–Crippen LogP) is 0.327. The molecule has 0 bridgehead atoms. The maximum atomic E-state index is 13.2. The van der Waals surface area contributed by atoms with E-state index in [4.69, 9.17) is 19.9 Å². The Hall–Kier alpha value is -3.22. The molecule has 1 aliphatic heterocycles. The van der Waals surface area contributed by atoms with Crippen molar-refractivity contribution in [3.63, 3.8) is 0 Å². The van der Waals surface area contributed by atoms with E-state index in [0.29, 0.717) is 19.4 Å². The molecule has 0 aromatic carbocycles. The number of hydrogen-bond acceptors (Lipinski definition) is 10. The minimum atomic E-state index is -1.32. The molecule has 0 spiro atoms. The Bertz CT molecular complexity index is 922. The average molecular weight is 571 g/mol. The lowest BCUT2D eigenvalue weighted by atomic mass is 10.0. The van der Waals surface area contributed by atoms with Gasteiger partial charge in [0.2, 0.25) is 0 Å². The summed E-state index contributed by atoms with van der Waals surface area (Å²) in [5, 5.41) is 7.62. The molecule has 1 fully saturated rings. The van der Waals surface area contributed by atoms with E-state index in [-0.39, 0.29) is 6.42 Å². The maximum absolute atomic E-state index is 13.2. The Morgan fingerprint density at radius 1 is 0.625 bits per heavy atom. The lowest BCUT2D eigenvalue weighted by Gasteiger charge is -2.29. The number of carbonyl (C=O) groups is 6. The number of nitrogens with one attached hydrogen (secondary N) is 3. The summed E-state index contributed by atoms with van der Waals surface area (Å²) in [5.41, 5.74) is 5.57. The van der Waals surface area contributed by atoms with E-state index in [9.17, 15) is 28.8 Å². The van der Waals surface area contributed by atoms with Crippen LogP contribution in [0.1, 0.15) is 74.7 Å². The Labute approximate surface area is 236 Å². The van der Waals surface area contributed by atoms with E-state index >= 15 is 0 Å². The maximum Gasteiger partial charge on any atom is 0.329 e. The van der Waals surface area contributed by atoms with Crippen LogP contribution in [0.2, 0.25) is 0 Å². The molecule has 13 heteroatoms. The first-order valence-corrected chi connectivity index (χ1v) is 13.8. The first kappa shape index (κ1) is 34.8. The molecule has 0 aliphatic carbocycles. The van der Waals surface area contributed by atoms with Crippen LogP contribution in [-0.2, 0) is 43.0 Å². The zero-order valence-electron chi connectivity index (χ0n) is 24.8. The molecule has 1 rings (SSSR count). The number of nitrogens with two attached hydrogens (primary N) is 1. The highest BCUT2D eigenvalue weighted by atomic mass is 16.6. The summed E-state index contributed by atoms with van der Waals surface area (Å²) < 4.78 is 16.2. The normalized spacial score (nSPS) is 28.2. The predicted molar refractivity (Wildman–Crippen MR) is 144 cm³/mol. The molecule has 228 valence electrons. The van der Waals surface area contributed by atoms with Gasteiger partial charge in [0.1, 0.15) is 18.1 Å². The fourth-order valence-electron chi connectivity index (χ4n) is 3.83. The van der Waals surface area contributed by atoms with Crippen LogP contribution in [0.4, 0.5) is 0 Å². The summed E-state index contributed by atoms with van der Waals surface area (Å²) in [5.74, 6) is -6.22. The van der Waals surface area contributed by atoms with Gasteiger partial charge in [0.05, 0.1) is 0 Å². The van der Waals surface area contributed by atoms with Crippen molar-refractivity contribution in [3.8, 4) is 0 Å². The van der Waals surface area contributed by atoms with Crippen LogP contribution in [0.5, 0.6) is 0 Å². The van der Waals surface area contributed by atoms with Crippen LogP contribution in [0.15, 0.2) is 0 Å². The Morgan fingerprint density at radius 3 is 1.50 bits per heavy atom. The number of hydrogen-bond donors (Lipinski definition) is 4. The van der Waals surface area contributed by atoms with Crippen molar-refractivity contribution in [3.05, 3.63) is 0 Å². The van der Waals surface area contributed by atoms with Gasteiger partial charge in [-0.15, -0.1) is 0 Å². The SMILES string of the molecule is CC1OC(=O)C(C(C)C)NC(=O)C(C)OC(=O)C(C(C)C)NC(=O)C(C(C)C)OC(=O)C(CCCCN)NC1=O. The Kier molecular flexibility index (Phi) is 14.0. The summed E-state index contributed by atoms with van der Waals surface area (Å²) in [6, 6.07) is -3.46. The van der Waals surface area contributed by atoms with Gasteiger partial charge in [-0.05, 0) is 57.4 Å². The first-order chi connectivity index (χ1) is 18.6. The molecule has 3 amide bonds. The highest BCUT2D eigenvalue weighted by Gasteiger charge is 2.37. The quantitative estimate of drug-likeness (QED) is 0.188. The molecule has 0 aromatic rings. The fraction of sp³-hybridized carbons (Fsp3) is 0.778. The zero-order chi connectivity index (χ0) is 30.7. The van der Waals surface area contributed by atoms with E-state index in [0.717, 1.165) is 0 Å². The summed E-state index contributed by atoms with van der Waals surface area (Å²) >= 11 is 0. The third kappa shape index (κ3) is 10.4. The highest BCUT2D eigenvalue weighted by molar-refractivity contribution is 5.93. The molecular formula is C27H46N4O9. The number of unbranched alkanes of at least 4 members (excludes halogenated alkanes) is 1. The van der Waals surface area contributed by atoms with E-state index < -0.39 is 89.8 Å². The molecule has 6 unspecified atom stereocenters. The number of amides is 3. The number of carbonyl (C=O) groups excluding carboxylic acids is 6. The highest BCUT2D eigenvalue weighted by Crippen LogP contribution is 2.15. The van der Waals surface area contributed by atoms with Gasteiger partial charge in [0.15, 0.2) is 18.3 Å². The van der Waals surface area contributed by atoms with E-state index in [1.54, 1.807) is 41.5 Å². The molecule has 40 heavy (non-hydrogen) atoms. The minimum absolute atomic E-state index is 0.165. The topological polar surface area (TPSA) is 192 Å².